The molecule has 1 fully saturated rings. The van der Waals surface area contributed by atoms with Crippen LogP contribution in [0.4, 0.5) is 18.9 Å². The van der Waals surface area contributed by atoms with E-state index in [-0.39, 0.29) is 23.8 Å². The highest BCUT2D eigenvalue weighted by atomic mass is 19.4. The Morgan fingerprint density at radius 1 is 1.32 bits per heavy atom. The van der Waals surface area contributed by atoms with Gasteiger partial charge in [0.05, 0.1) is 19.1 Å². The summed E-state index contributed by atoms with van der Waals surface area (Å²) < 4.78 is 43.6. The first-order valence-corrected chi connectivity index (χ1v) is 7.68. The maximum Gasteiger partial charge on any atom is 0.416 e. The highest BCUT2D eigenvalue weighted by Crippen LogP contribution is 2.36. The van der Waals surface area contributed by atoms with Crippen molar-refractivity contribution in [1.29, 1.82) is 0 Å². The Labute approximate surface area is 143 Å². The molecule has 1 saturated carbocycles. The van der Waals surface area contributed by atoms with Crippen molar-refractivity contribution in [2.75, 3.05) is 12.4 Å². The number of benzene rings is 1. The Balaban J connectivity index is 2.12. The van der Waals surface area contributed by atoms with E-state index in [0.717, 1.165) is 24.6 Å². The number of rotatable bonds is 6. The van der Waals surface area contributed by atoms with Crippen LogP contribution in [0, 0.1) is 0 Å². The summed E-state index contributed by atoms with van der Waals surface area (Å²) in [4.78, 5) is 23.7. The standard InChI is InChI=1S/C17H19F3N2O3/c1-3-14(23)22-16(5-4-6-16)10-15(24)21-12-7-11(17(18,19)20)8-13(9-12)25-2/h3,7-9H,1,4-6,10H2,2H3,(H,21,24)(H,22,23). The van der Waals surface area contributed by atoms with Gasteiger partial charge in [-0.15, -0.1) is 0 Å². The minimum absolute atomic E-state index is 0.0107. The van der Waals surface area contributed by atoms with E-state index in [0.29, 0.717) is 12.8 Å². The van der Waals surface area contributed by atoms with Crippen LogP contribution in [0.15, 0.2) is 30.9 Å². The van der Waals surface area contributed by atoms with E-state index >= 15 is 0 Å². The molecule has 1 aromatic carbocycles. The number of nitrogens with one attached hydrogen (secondary N) is 2. The summed E-state index contributed by atoms with van der Waals surface area (Å²) in [7, 11) is 1.25. The molecule has 25 heavy (non-hydrogen) atoms. The number of amides is 2. The average molecular weight is 356 g/mol. The van der Waals surface area contributed by atoms with E-state index in [9.17, 15) is 22.8 Å². The predicted octanol–water partition coefficient (Wildman–Crippen LogP) is 3.27. The van der Waals surface area contributed by atoms with Gasteiger partial charge in [-0.05, 0) is 37.5 Å². The lowest BCUT2D eigenvalue weighted by Crippen LogP contribution is -2.54. The fourth-order valence-corrected chi connectivity index (χ4v) is 2.73. The zero-order valence-electron chi connectivity index (χ0n) is 13.7. The Hall–Kier alpha value is -2.51. The van der Waals surface area contributed by atoms with E-state index in [1.54, 1.807) is 0 Å². The van der Waals surface area contributed by atoms with Crippen LogP contribution in [0.2, 0.25) is 0 Å². The van der Waals surface area contributed by atoms with Gasteiger partial charge in [0.15, 0.2) is 0 Å². The number of carbonyl (C=O) groups is 2. The van der Waals surface area contributed by atoms with Crippen molar-refractivity contribution in [2.24, 2.45) is 0 Å². The van der Waals surface area contributed by atoms with Gasteiger partial charge in [0.2, 0.25) is 11.8 Å². The summed E-state index contributed by atoms with van der Waals surface area (Å²) in [6.07, 6.45) is -1.33. The lowest BCUT2D eigenvalue weighted by molar-refractivity contribution is -0.137. The fourth-order valence-electron chi connectivity index (χ4n) is 2.73. The Morgan fingerprint density at radius 2 is 2.00 bits per heavy atom. The summed E-state index contributed by atoms with van der Waals surface area (Å²) in [6.45, 7) is 3.37. The second-order valence-electron chi connectivity index (χ2n) is 6.00. The molecule has 0 spiro atoms. The molecule has 0 bridgehead atoms. The van der Waals surface area contributed by atoms with Gasteiger partial charge in [0.25, 0.3) is 0 Å². The summed E-state index contributed by atoms with van der Waals surface area (Å²) in [6, 6.07) is 3.01. The van der Waals surface area contributed by atoms with E-state index in [4.69, 9.17) is 4.74 Å². The van der Waals surface area contributed by atoms with Gasteiger partial charge in [-0.1, -0.05) is 6.58 Å². The number of methoxy groups -OCH3 is 1. The first-order chi connectivity index (χ1) is 11.7. The SMILES string of the molecule is C=CC(=O)NC1(CC(=O)Nc2cc(OC)cc(C(F)(F)F)c2)CCC1. The van der Waals surface area contributed by atoms with Crippen molar-refractivity contribution >= 4 is 17.5 Å². The lowest BCUT2D eigenvalue weighted by atomic mass is 9.74. The molecule has 0 unspecified atom stereocenters. The molecule has 0 heterocycles. The zero-order valence-corrected chi connectivity index (χ0v) is 13.7. The third-order valence-corrected chi connectivity index (χ3v) is 4.14. The van der Waals surface area contributed by atoms with E-state index in [1.165, 1.54) is 13.2 Å². The predicted molar refractivity (Wildman–Crippen MR) is 86.2 cm³/mol. The summed E-state index contributed by atoms with van der Waals surface area (Å²) in [5.41, 5.74) is -1.59. The van der Waals surface area contributed by atoms with Crippen molar-refractivity contribution in [3.63, 3.8) is 0 Å². The number of ether oxygens (including phenoxy) is 1. The first-order valence-electron chi connectivity index (χ1n) is 7.68. The highest BCUT2D eigenvalue weighted by molar-refractivity contribution is 5.93. The molecule has 136 valence electrons. The topological polar surface area (TPSA) is 67.4 Å². The zero-order chi connectivity index (χ0) is 18.7. The molecule has 1 aliphatic carbocycles. The quantitative estimate of drug-likeness (QED) is 0.769. The van der Waals surface area contributed by atoms with Gasteiger partial charge in [0, 0.05) is 17.3 Å². The number of hydrogen-bond donors (Lipinski definition) is 2. The molecule has 2 amide bonds. The fraction of sp³-hybridized carbons (Fsp3) is 0.412. The number of carbonyl (C=O) groups excluding carboxylic acids is 2. The summed E-state index contributed by atoms with van der Waals surface area (Å²) in [5.74, 6) is -0.873. The van der Waals surface area contributed by atoms with Gasteiger partial charge in [0.1, 0.15) is 5.75 Å². The van der Waals surface area contributed by atoms with Crippen LogP contribution < -0.4 is 15.4 Å². The Morgan fingerprint density at radius 3 is 2.48 bits per heavy atom. The minimum Gasteiger partial charge on any atom is -0.497 e. The normalized spacial score (nSPS) is 15.7. The van der Waals surface area contributed by atoms with Crippen molar-refractivity contribution in [1.82, 2.24) is 5.32 Å². The van der Waals surface area contributed by atoms with Crippen LogP contribution in [-0.2, 0) is 15.8 Å². The number of hydrogen-bond acceptors (Lipinski definition) is 3. The van der Waals surface area contributed by atoms with Gasteiger partial charge >= 0.3 is 6.18 Å². The molecule has 0 atom stereocenters. The van der Waals surface area contributed by atoms with Crippen molar-refractivity contribution in [3.05, 3.63) is 36.4 Å². The van der Waals surface area contributed by atoms with Crippen LogP contribution in [0.5, 0.6) is 5.75 Å². The van der Waals surface area contributed by atoms with Crippen molar-refractivity contribution < 1.29 is 27.5 Å². The maximum absolute atomic E-state index is 12.9. The molecular formula is C17H19F3N2O3. The van der Waals surface area contributed by atoms with E-state index in [2.05, 4.69) is 17.2 Å². The molecule has 2 N–H and O–H groups in total. The first kappa shape index (κ1) is 18.8. The average Bonchev–Trinajstić information content (AvgIpc) is 2.51. The molecule has 1 aromatic rings. The van der Waals surface area contributed by atoms with Crippen LogP contribution in [-0.4, -0.2) is 24.5 Å². The van der Waals surface area contributed by atoms with Crippen LogP contribution in [0.25, 0.3) is 0 Å². The van der Waals surface area contributed by atoms with Crippen LogP contribution in [0.3, 0.4) is 0 Å². The highest BCUT2D eigenvalue weighted by Gasteiger charge is 2.40. The van der Waals surface area contributed by atoms with Crippen LogP contribution in [0.1, 0.15) is 31.2 Å². The third-order valence-electron chi connectivity index (χ3n) is 4.14. The van der Waals surface area contributed by atoms with Gasteiger partial charge < -0.3 is 15.4 Å². The second-order valence-corrected chi connectivity index (χ2v) is 6.00. The van der Waals surface area contributed by atoms with E-state index in [1.807, 2.05) is 0 Å². The molecule has 0 radical (unpaired) electrons. The Kier molecular flexibility index (Phi) is 5.39. The second kappa shape index (κ2) is 7.16. The molecule has 0 saturated heterocycles. The van der Waals surface area contributed by atoms with Crippen molar-refractivity contribution in [2.45, 2.75) is 37.4 Å². The summed E-state index contributed by atoms with van der Waals surface area (Å²) in [5, 5.41) is 5.18. The third kappa shape index (κ3) is 4.74. The molecule has 8 heteroatoms. The monoisotopic (exact) mass is 356 g/mol. The van der Waals surface area contributed by atoms with Gasteiger partial charge in [-0.3, -0.25) is 9.59 Å². The number of alkyl halides is 3. The minimum atomic E-state index is -4.55. The van der Waals surface area contributed by atoms with Gasteiger partial charge in [-0.25, -0.2) is 0 Å². The molecule has 0 aliphatic heterocycles. The van der Waals surface area contributed by atoms with Gasteiger partial charge in [-0.2, -0.15) is 13.2 Å². The van der Waals surface area contributed by atoms with E-state index < -0.39 is 23.2 Å². The Bertz CT molecular complexity index is 682. The van der Waals surface area contributed by atoms with Crippen LogP contribution >= 0.6 is 0 Å². The number of anilines is 1. The smallest absolute Gasteiger partial charge is 0.416 e. The maximum atomic E-state index is 12.9. The lowest BCUT2D eigenvalue weighted by Gasteiger charge is -2.41. The molecule has 1 aliphatic rings. The molecule has 5 nitrogen and oxygen atoms in total. The number of halogens is 3. The molecular weight excluding hydrogens is 337 g/mol. The molecule has 2 rings (SSSR count). The van der Waals surface area contributed by atoms with Crippen molar-refractivity contribution in [3.8, 4) is 5.75 Å². The largest absolute Gasteiger partial charge is 0.497 e. The summed E-state index contributed by atoms with van der Waals surface area (Å²) >= 11 is 0. The molecule has 0 aromatic heterocycles.